The molecule has 0 spiro atoms. The number of amides is 2. The van der Waals surface area contributed by atoms with E-state index >= 15 is 0 Å². The SMILES string of the molecule is CCOC(=O)c1c(-c2ccc(OC)cc2)csc1NC(=O)C1CCCN(C(=O)C(C)(C)C)C1. The molecule has 3 rings (SSSR count). The first-order chi connectivity index (χ1) is 15.7. The zero-order valence-corrected chi connectivity index (χ0v) is 20.7. The highest BCUT2D eigenvalue weighted by atomic mass is 32.1. The molecule has 1 unspecified atom stereocenters. The number of rotatable bonds is 6. The predicted molar refractivity (Wildman–Crippen MR) is 130 cm³/mol. The summed E-state index contributed by atoms with van der Waals surface area (Å²) in [7, 11) is 1.60. The van der Waals surface area contributed by atoms with Gasteiger partial charge in [-0.2, -0.15) is 0 Å². The molecule has 1 aliphatic heterocycles. The minimum absolute atomic E-state index is 0.0464. The molecule has 178 valence electrons. The largest absolute Gasteiger partial charge is 0.497 e. The number of likely N-dealkylation sites (tertiary alicyclic amines) is 1. The molecule has 1 aliphatic rings. The second kappa shape index (κ2) is 10.4. The van der Waals surface area contributed by atoms with Crippen LogP contribution in [0.2, 0.25) is 0 Å². The summed E-state index contributed by atoms with van der Waals surface area (Å²) in [5, 5.41) is 5.26. The van der Waals surface area contributed by atoms with Gasteiger partial charge in [-0.3, -0.25) is 9.59 Å². The van der Waals surface area contributed by atoms with Crippen molar-refractivity contribution in [2.24, 2.45) is 11.3 Å². The van der Waals surface area contributed by atoms with Crippen LogP contribution in [0.5, 0.6) is 5.75 Å². The van der Waals surface area contributed by atoms with E-state index in [-0.39, 0.29) is 24.3 Å². The van der Waals surface area contributed by atoms with E-state index in [1.165, 1.54) is 11.3 Å². The quantitative estimate of drug-likeness (QED) is 0.609. The van der Waals surface area contributed by atoms with Crippen molar-refractivity contribution >= 4 is 34.1 Å². The molecule has 0 aliphatic carbocycles. The highest BCUT2D eigenvalue weighted by Gasteiger charge is 2.34. The minimum Gasteiger partial charge on any atom is -0.497 e. The van der Waals surface area contributed by atoms with E-state index in [2.05, 4.69) is 5.32 Å². The van der Waals surface area contributed by atoms with Crippen LogP contribution in [0.15, 0.2) is 29.6 Å². The van der Waals surface area contributed by atoms with E-state index < -0.39 is 11.4 Å². The zero-order chi connectivity index (χ0) is 24.2. The van der Waals surface area contributed by atoms with Crippen LogP contribution >= 0.6 is 11.3 Å². The Kier molecular flexibility index (Phi) is 7.79. The van der Waals surface area contributed by atoms with Gasteiger partial charge in [0.1, 0.15) is 16.3 Å². The van der Waals surface area contributed by atoms with Gasteiger partial charge < -0.3 is 19.7 Å². The second-order valence-corrected chi connectivity index (χ2v) is 10.0. The smallest absolute Gasteiger partial charge is 0.341 e. The Hall–Kier alpha value is -2.87. The maximum absolute atomic E-state index is 13.1. The van der Waals surface area contributed by atoms with E-state index in [9.17, 15) is 14.4 Å². The lowest BCUT2D eigenvalue weighted by molar-refractivity contribution is -0.142. The lowest BCUT2D eigenvalue weighted by atomic mass is 9.91. The van der Waals surface area contributed by atoms with Crippen LogP contribution in [0.1, 0.15) is 50.9 Å². The zero-order valence-electron chi connectivity index (χ0n) is 19.9. The standard InChI is InChI=1S/C25H32N2O5S/c1-6-32-23(29)20-19(16-9-11-18(31-5)12-10-16)15-33-22(20)26-21(28)17-8-7-13-27(14-17)24(30)25(2,3)4/h9-12,15,17H,6-8,13-14H2,1-5H3,(H,26,28). The number of ether oxygens (including phenoxy) is 2. The van der Waals surface area contributed by atoms with Crippen molar-refractivity contribution < 1.29 is 23.9 Å². The van der Waals surface area contributed by atoms with Crippen molar-refractivity contribution in [1.82, 2.24) is 4.90 Å². The van der Waals surface area contributed by atoms with Crippen molar-refractivity contribution in [1.29, 1.82) is 0 Å². The topological polar surface area (TPSA) is 84.9 Å². The Morgan fingerprint density at radius 2 is 1.88 bits per heavy atom. The fourth-order valence-corrected chi connectivity index (χ4v) is 4.86. The van der Waals surface area contributed by atoms with Gasteiger partial charge in [0.2, 0.25) is 11.8 Å². The van der Waals surface area contributed by atoms with Gasteiger partial charge in [-0.1, -0.05) is 32.9 Å². The number of hydrogen-bond donors (Lipinski definition) is 1. The molecule has 33 heavy (non-hydrogen) atoms. The predicted octanol–water partition coefficient (Wildman–Crippen LogP) is 4.82. The van der Waals surface area contributed by atoms with Crippen LogP contribution in [-0.2, 0) is 14.3 Å². The van der Waals surface area contributed by atoms with Crippen LogP contribution in [0.25, 0.3) is 11.1 Å². The second-order valence-electron chi connectivity index (χ2n) is 9.13. The number of piperidine rings is 1. The molecule has 0 bridgehead atoms. The van der Waals surface area contributed by atoms with Gasteiger partial charge in [-0.25, -0.2) is 4.79 Å². The maximum Gasteiger partial charge on any atom is 0.341 e. The molecular formula is C25H32N2O5S. The average molecular weight is 473 g/mol. The van der Waals surface area contributed by atoms with E-state index in [0.29, 0.717) is 41.4 Å². The summed E-state index contributed by atoms with van der Waals surface area (Å²) in [6, 6.07) is 7.38. The Balaban J connectivity index is 1.83. The van der Waals surface area contributed by atoms with Crippen molar-refractivity contribution in [3.8, 4) is 16.9 Å². The number of carbonyl (C=O) groups excluding carboxylic acids is 3. The molecule has 2 heterocycles. The van der Waals surface area contributed by atoms with Crippen LogP contribution < -0.4 is 10.1 Å². The number of thiophene rings is 1. The average Bonchev–Trinajstić information content (AvgIpc) is 3.21. The summed E-state index contributed by atoms with van der Waals surface area (Å²) in [4.78, 5) is 40.4. The van der Waals surface area contributed by atoms with Crippen molar-refractivity contribution in [2.45, 2.75) is 40.5 Å². The number of methoxy groups -OCH3 is 1. The summed E-state index contributed by atoms with van der Waals surface area (Å²) < 4.78 is 10.5. The number of anilines is 1. The summed E-state index contributed by atoms with van der Waals surface area (Å²) in [5.74, 6) is -0.230. The first kappa shape index (κ1) is 24.8. The molecule has 7 nitrogen and oxygen atoms in total. The van der Waals surface area contributed by atoms with E-state index in [0.717, 1.165) is 12.0 Å². The van der Waals surface area contributed by atoms with Crippen LogP contribution in [-0.4, -0.2) is 49.5 Å². The normalized spacial score (nSPS) is 16.3. The van der Waals surface area contributed by atoms with Crippen molar-refractivity contribution in [3.63, 3.8) is 0 Å². The number of nitrogens with one attached hydrogen (secondary N) is 1. The van der Waals surface area contributed by atoms with Gasteiger partial charge in [-0.05, 0) is 37.5 Å². The van der Waals surface area contributed by atoms with Crippen molar-refractivity contribution in [3.05, 3.63) is 35.2 Å². The van der Waals surface area contributed by atoms with Gasteiger partial charge in [0, 0.05) is 29.4 Å². The summed E-state index contributed by atoms with van der Waals surface area (Å²) >= 11 is 1.29. The molecule has 2 aromatic rings. The highest BCUT2D eigenvalue weighted by molar-refractivity contribution is 7.15. The Labute approximate surface area is 199 Å². The summed E-state index contributed by atoms with van der Waals surface area (Å²) in [5.41, 5.74) is 1.38. The number of carbonyl (C=O) groups is 3. The molecule has 8 heteroatoms. The van der Waals surface area contributed by atoms with Gasteiger partial charge in [0.15, 0.2) is 0 Å². The fourth-order valence-electron chi connectivity index (χ4n) is 3.90. The lowest BCUT2D eigenvalue weighted by Crippen LogP contribution is -2.47. The molecule has 1 N–H and O–H groups in total. The van der Waals surface area contributed by atoms with Gasteiger partial charge >= 0.3 is 5.97 Å². The van der Waals surface area contributed by atoms with E-state index in [4.69, 9.17) is 9.47 Å². The van der Waals surface area contributed by atoms with Gasteiger partial charge in [0.05, 0.1) is 19.6 Å². The molecule has 2 amide bonds. The third kappa shape index (κ3) is 5.74. The number of nitrogens with zero attached hydrogens (tertiary/aromatic N) is 1. The molecule has 0 radical (unpaired) electrons. The fraction of sp³-hybridized carbons (Fsp3) is 0.480. The number of hydrogen-bond acceptors (Lipinski definition) is 6. The molecule has 1 aromatic carbocycles. The number of esters is 1. The van der Waals surface area contributed by atoms with Crippen LogP contribution in [0.4, 0.5) is 5.00 Å². The molecule has 1 aromatic heterocycles. The third-order valence-electron chi connectivity index (χ3n) is 5.63. The van der Waals surface area contributed by atoms with Crippen LogP contribution in [0.3, 0.4) is 0 Å². The highest BCUT2D eigenvalue weighted by Crippen LogP contribution is 2.37. The summed E-state index contributed by atoms with van der Waals surface area (Å²) in [6.45, 7) is 8.68. The van der Waals surface area contributed by atoms with Crippen molar-refractivity contribution in [2.75, 3.05) is 32.1 Å². The van der Waals surface area contributed by atoms with Gasteiger partial charge in [0.25, 0.3) is 0 Å². The maximum atomic E-state index is 13.1. The first-order valence-electron chi connectivity index (χ1n) is 11.2. The molecule has 1 fully saturated rings. The third-order valence-corrected chi connectivity index (χ3v) is 6.52. The molecular weight excluding hydrogens is 440 g/mol. The minimum atomic E-state index is -0.490. The Morgan fingerprint density at radius 1 is 1.18 bits per heavy atom. The molecule has 1 atom stereocenters. The first-order valence-corrected chi connectivity index (χ1v) is 12.1. The Morgan fingerprint density at radius 3 is 2.48 bits per heavy atom. The summed E-state index contributed by atoms with van der Waals surface area (Å²) in [6.07, 6.45) is 1.47. The molecule has 0 saturated carbocycles. The lowest BCUT2D eigenvalue weighted by Gasteiger charge is -2.35. The number of benzene rings is 1. The molecule has 1 saturated heterocycles. The van der Waals surface area contributed by atoms with Crippen LogP contribution in [0, 0.1) is 11.3 Å². The van der Waals surface area contributed by atoms with E-state index in [1.54, 1.807) is 18.9 Å². The Bertz CT molecular complexity index is 1010. The van der Waals surface area contributed by atoms with E-state index in [1.807, 2.05) is 50.4 Å². The van der Waals surface area contributed by atoms with Gasteiger partial charge in [-0.15, -0.1) is 11.3 Å². The monoisotopic (exact) mass is 472 g/mol.